The van der Waals surface area contributed by atoms with Gasteiger partial charge in [0.15, 0.2) is 0 Å². The average molecular weight is 245 g/mol. The molecule has 1 rings (SSSR count). The third kappa shape index (κ3) is 4.59. The van der Waals surface area contributed by atoms with E-state index in [-0.39, 0.29) is 6.10 Å². The van der Waals surface area contributed by atoms with E-state index in [1.54, 1.807) is 20.9 Å². The summed E-state index contributed by atoms with van der Waals surface area (Å²) in [5.41, 5.74) is 2.60. The fourth-order valence-corrected chi connectivity index (χ4v) is 1.41. The monoisotopic (exact) mass is 245 g/mol. The number of benzene rings is 1. The van der Waals surface area contributed by atoms with Gasteiger partial charge in [-0.3, -0.25) is 4.99 Å². The smallest absolute Gasteiger partial charge is 0.142 e. The minimum absolute atomic E-state index is 0.331. The Labute approximate surface area is 108 Å². The first kappa shape index (κ1) is 14.3. The van der Waals surface area contributed by atoms with Crippen molar-refractivity contribution < 1.29 is 5.11 Å². The number of aliphatic hydroxyl groups is 1. The van der Waals surface area contributed by atoms with E-state index in [1.165, 1.54) is 0 Å². The Morgan fingerprint density at radius 3 is 2.39 bits per heavy atom. The second-order valence-electron chi connectivity index (χ2n) is 4.17. The number of hydrogen-bond acceptors (Lipinski definition) is 3. The average Bonchev–Trinajstić information content (AvgIpc) is 2.35. The first-order chi connectivity index (χ1) is 8.52. The van der Waals surface area contributed by atoms with Crippen LogP contribution in [0.15, 0.2) is 46.1 Å². The zero-order valence-electron chi connectivity index (χ0n) is 11.1. The predicted molar refractivity (Wildman–Crippen MR) is 74.7 cm³/mol. The Kier molecular flexibility index (Phi) is 5.39. The summed E-state index contributed by atoms with van der Waals surface area (Å²) in [5.74, 6) is 0.613. The molecule has 1 unspecified atom stereocenters. The highest BCUT2D eigenvalue weighted by Crippen LogP contribution is 2.16. The third-order valence-electron chi connectivity index (χ3n) is 2.46. The Morgan fingerprint density at radius 2 is 1.89 bits per heavy atom. The highest BCUT2D eigenvalue weighted by Gasteiger charge is 2.01. The fraction of sp³-hybridized carbons (Fsp3) is 0.357. The van der Waals surface area contributed by atoms with Crippen LogP contribution in [-0.2, 0) is 6.42 Å². The lowest BCUT2D eigenvalue weighted by molar-refractivity contribution is 0.195. The molecule has 0 aliphatic carbocycles. The van der Waals surface area contributed by atoms with Crippen molar-refractivity contribution >= 4 is 11.5 Å². The van der Waals surface area contributed by atoms with E-state index in [1.807, 2.05) is 24.3 Å². The summed E-state index contributed by atoms with van der Waals surface area (Å²) < 4.78 is 0. The van der Waals surface area contributed by atoms with E-state index >= 15 is 0 Å². The standard InChI is InChI=1S/C14H19N3O/c1-10(18)9-13-5-7-14(8-6-13)11(2)16-17-12(3)15-4/h5-8,10,18H,2,9H2,1,3-4H3. The Bertz CT molecular complexity index is 458. The number of amidine groups is 1. The number of rotatable bonds is 4. The molecule has 0 aromatic heterocycles. The van der Waals surface area contributed by atoms with Crippen LogP contribution in [-0.4, -0.2) is 24.1 Å². The topological polar surface area (TPSA) is 57.3 Å². The van der Waals surface area contributed by atoms with Gasteiger partial charge in [0.25, 0.3) is 0 Å². The molecule has 0 aliphatic heterocycles. The molecular formula is C14H19N3O. The number of nitrogens with zero attached hydrogens (tertiary/aromatic N) is 3. The first-order valence-corrected chi connectivity index (χ1v) is 5.84. The van der Waals surface area contributed by atoms with Crippen LogP contribution < -0.4 is 0 Å². The van der Waals surface area contributed by atoms with E-state index in [9.17, 15) is 5.11 Å². The highest BCUT2D eigenvalue weighted by molar-refractivity contribution is 5.80. The quantitative estimate of drug-likeness (QED) is 0.494. The van der Waals surface area contributed by atoms with Crippen molar-refractivity contribution in [2.24, 2.45) is 15.2 Å². The van der Waals surface area contributed by atoms with Gasteiger partial charge in [-0.25, -0.2) is 0 Å². The SMILES string of the molecule is C=C(N=NC(C)=NC)c1ccc(CC(C)O)cc1. The van der Waals surface area contributed by atoms with Gasteiger partial charge < -0.3 is 5.11 Å². The normalized spacial score (nSPS) is 13.9. The number of hydrogen-bond donors (Lipinski definition) is 1. The van der Waals surface area contributed by atoms with Crippen LogP contribution >= 0.6 is 0 Å². The van der Waals surface area contributed by atoms with Crippen molar-refractivity contribution in [1.82, 2.24) is 0 Å². The molecule has 4 nitrogen and oxygen atoms in total. The van der Waals surface area contributed by atoms with Gasteiger partial charge in [-0.15, -0.1) is 10.2 Å². The number of aliphatic hydroxyl groups excluding tert-OH is 1. The second kappa shape index (κ2) is 6.81. The third-order valence-corrected chi connectivity index (χ3v) is 2.46. The summed E-state index contributed by atoms with van der Waals surface area (Å²) in [6, 6.07) is 7.78. The van der Waals surface area contributed by atoms with E-state index in [0.717, 1.165) is 11.1 Å². The van der Waals surface area contributed by atoms with Crippen LogP contribution in [0.4, 0.5) is 0 Å². The molecule has 1 atom stereocenters. The van der Waals surface area contributed by atoms with Crippen molar-refractivity contribution in [3.8, 4) is 0 Å². The van der Waals surface area contributed by atoms with Crippen molar-refractivity contribution in [1.29, 1.82) is 0 Å². The van der Waals surface area contributed by atoms with E-state index in [0.29, 0.717) is 18.0 Å². The van der Waals surface area contributed by atoms with Gasteiger partial charge >= 0.3 is 0 Å². The van der Waals surface area contributed by atoms with Crippen molar-refractivity contribution in [3.63, 3.8) is 0 Å². The van der Waals surface area contributed by atoms with Gasteiger partial charge in [-0.05, 0) is 25.8 Å². The maximum atomic E-state index is 9.29. The molecule has 0 fully saturated rings. The zero-order chi connectivity index (χ0) is 13.5. The van der Waals surface area contributed by atoms with Gasteiger partial charge in [-0.1, -0.05) is 30.8 Å². The number of aliphatic imine (C=N–C) groups is 1. The summed E-state index contributed by atoms with van der Waals surface area (Å²) in [7, 11) is 1.67. The molecule has 18 heavy (non-hydrogen) atoms. The summed E-state index contributed by atoms with van der Waals surface area (Å²) in [6.45, 7) is 7.41. The van der Waals surface area contributed by atoms with Crippen LogP contribution in [0, 0.1) is 0 Å². The molecule has 0 saturated heterocycles. The fourth-order valence-electron chi connectivity index (χ4n) is 1.41. The molecule has 4 heteroatoms. The van der Waals surface area contributed by atoms with Crippen LogP contribution in [0.1, 0.15) is 25.0 Å². The second-order valence-corrected chi connectivity index (χ2v) is 4.17. The molecule has 0 spiro atoms. The molecule has 0 heterocycles. The zero-order valence-corrected chi connectivity index (χ0v) is 11.1. The Morgan fingerprint density at radius 1 is 1.28 bits per heavy atom. The molecular weight excluding hydrogens is 226 g/mol. The van der Waals surface area contributed by atoms with E-state index < -0.39 is 0 Å². The summed E-state index contributed by atoms with van der Waals surface area (Å²) in [4.78, 5) is 3.89. The Balaban J connectivity index is 2.73. The molecule has 0 amide bonds. The molecule has 0 aliphatic rings. The van der Waals surface area contributed by atoms with Crippen LogP contribution in [0.5, 0.6) is 0 Å². The first-order valence-electron chi connectivity index (χ1n) is 5.84. The van der Waals surface area contributed by atoms with Gasteiger partial charge in [0.05, 0.1) is 11.8 Å². The van der Waals surface area contributed by atoms with Crippen LogP contribution in [0.3, 0.4) is 0 Å². The molecule has 96 valence electrons. The summed E-state index contributed by atoms with van der Waals surface area (Å²) in [5, 5.41) is 17.2. The molecule has 1 N–H and O–H groups in total. The van der Waals surface area contributed by atoms with Crippen LogP contribution in [0.25, 0.3) is 5.70 Å². The van der Waals surface area contributed by atoms with E-state index in [2.05, 4.69) is 21.8 Å². The molecule has 0 radical (unpaired) electrons. The van der Waals surface area contributed by atoms with Crippen molar-refractivity contribution in [3.05, 3.63) is 42.0 Å². The number of azo groups is 1. The lowest BCUT2D eigenvalue weighted by atomic mass is 10.1. The summed E-state index contributed by atoms with van der Waals surface area (Å²) >= 11 is 0. The molecule has 0 saturated carbocycles. The predicted octanol–water partition coefficient (Wildman–Crippen LogP) is 3.08. The Hall–Kier alpha value is -1.81. The summed E-state index contributed by atoms with van der Waals surface area (Å²) in [6.07, 6.45) is 0.317. The van der Waals surface area contributed by atoms with Crippen LogP contribution in [0.2, 0.25) is 0 Å². The maximum Gasteiger partial charge on any atom is 0.142 e. The van der Waals surface area contributed by atoms with E-state index in [4.69, 9.17) is 0 Å². The largest absolute Gasteiger partial charge is 0.393 e. The van der Waals surface area contributed by atoms with Gasteiger partial charge in [0.2, 0.25) is 0 Å². The maximum absolute atomic E-state index is 9.29. The minimum atomic E-state index is -0.331. The van der Waals surface area contributed by atoms with Crippen molar-refractivity contribution in [2.75, 3.05) is 7.05 Å². The lowest BCUT2D eigenvalue weighted by Crippen LogP contribution is -2.03. The molecule has 1 aromatic rings. The van der Waals surface area contributed by atoms with Gasteiger partial charge in [0.1, 0.15) is 5.84 Å². The van der Waals surface area contributed by atoms with Gasteiger partial charge in [-0.2, -0.15) is 0 Å². The molecule has 0 bridgehead atoms. The van der Waals surface area contributed by atoms with Gasteiger partial charge in [0, 0.05) is 12.6 Å². The van der Waals surface area contributed by atoms with Crippen molar-refractivity contribution in [2.45, 2.75) is 26.4 Å². The highest BCUT2D eigenvalue weighted by atomic mass is 16.3. The lowest BCUT2D eigenvalue weighted by Gasteiger charge is -2.05. The molecule has 1 aromatic carbocycles. The minimum Gasteiger partial charge on any atom is -0.393 e.